The molecular formula is C12H23P. The van der Waals surface area contributed by atoms with E-state index in [2.05, 4.69) is 13.8 Å². The Morgan fingerprint density at radius 1 is 1.00 bits per heavy atom. The molecule has 0 spiro atoms. The van der Waals surface area contributed by atoms with Crippen molar-refractivity contribution < 1.29 is 0 Å². The summed E-state index contributed by atoms with van der Waals surface area (Å²) in [6.07, 6.45) is 11.0. The molecule has 2 rings (SSSR count). The van der Waals surface area contributed by atoms with Crippen LogP contribution in [-0.2, 0) is 0 Å². The molecule has 2 heterocycles. The summed E-state index contributed by atoms with van der Waals surface area (Å²) in [6, 6.07) is 0. The van der Waals surface area contributed by atoms with Crippen LogP contribution in [0.5, 0.6) is 0 Å². The van der Waals surface area contributed by atoms with Crippen LogP contribution in [0.4, 0.5) is 0 Å². The first-order valence-corrected chi connectivity index (χ1v) is 7.69. The molecule has 2 aliphatic rings. The van der Waals surface area contributed by atoms with Gasteiger partial charge in [0.2, 0.25) is 0 Å². The van der Waals surface area contributed by atoms with E-state index in [0.717, 1.165) is 5.92 Å². The summed E-state index contributed by atoms with van der Waals surface area (Å²) >= 11 is 0. The minimum absolute atomic E-state index is 0.451. The predicted octanol–water partition coefficient (Wildman–Crippen LogP) is 4.23. The molecule has 2 bridgehead atoms. The highest BCUT2D eigenvalue weighted by molar-refractivity contribution is 7.59. The van der Waals surface area contributed by atoms with Gasteiger partial charge in [0.1, 0.15) is 0 Å². The fourth-order valence-corrected chi connectivity index (χ4v) is 7.24. The van der Waals surface area contributed by atoms with Crippen molar-refractivity contribution in [2.24, 2.45) is 5.92 Å². The molecule has 0 amide bonds. The van der Waals surface area contributed by atoms with Gasteiger partial charge in [-0.15, -0.1) is 7.92 Å². The second-order valence-corrected chi connectivity index (χ2v) is 8.11. The average Bonchev–Trinajstić information content (AvgIpc) is 2.02. The zero-order valence-electron chi connectivity index (χ0n) is 9.13. The number of hydrogen-bond donors (Lipinski definition) is 0. The second-order valence-electron chi connectivity index (χ2n) is 5.26. The summed E-state index contributed by atoms with van der Waals surface area (Å²) in [5.74, 6) is 0.951. The van der Waals surface area contributed by atoms with E-state index in [1.807, 2.05) is 0 Å². The third-order valence-corrected chi connectivity index (χ3v) is 7.72. The molecule has 76 valence electrons. The van der Waals surface area contributed by atoms with E-state index in [1.165, 1.54) is 11.3 Å². The maximum Gasteiger partial charge on any atom is -0.0207 e. The van der Waals surface area contributed by atoms with Crippen LogP contribution in [0.3, 0.4) is 0 Å². The number of fused-ring (bicyclic) bond motifs is 2. The van der Waals surface area contributed by atoms with Crippen LogP contribution < -0.4 is 0 Å². The average molecular weight is 198 g/mol. The quantitative estimate of drug-likeness (QED) is 0.582. The zero-order chi connectivity index (χ0) is 9.26. The number of rotatable bonds is 2. The van der Waals surface area contributed by atoms with Crippen molar-refractivity contribution in [3.05, 3.63) is 0 Å². The van der Waals surface area contributed by atoms with Gasteiger partial charge in [-0.2, -0.15) is 0 Å². The zero-order valence-corrected chi connectivity index (χ0v) is 10.0. The topological polar surface area (TPSA) is 0 Å². The molecule has 0 N–H and O–H groups in total. The van der Waals surface area contributed by atoms with E-state index in [1.54, 1.807) is 44.7 Å². The van der Waals surface area contributed by atoms with Crippen LogP contribution in [0.1, 0.15) is 52.4 Å². The summed E-state index contributed by atoms with van der Waals surface area (Å²) in [4.78, 5) is 0. The molecule has 1 heteroatoms. The molecule has 2 fully saturated rings. The SMILES string of the molecule is CC(C)CP1C2CCCC1CCC2. The maximum atomic E-state index is 2.41. The Kier molecular flexibility index (Phi) is 3.30. The summed E-state index contributed by atoms with van der Waals surface area (Å²) in [5.41, 5.74) is 2.37. The molecule has 0 aromatic rings. The van der Waals surface area contributed by atoms with Gasteiger partial charge in [-0.3, -0.25) is 0 Å². The lowest BCUT2D eigenvalue weighted by atomic mass is 9.99. The predicted molar refractivity (Wildman–Crippen MR) is 61.9 cm³/mol. The molecule has 0 unspecified atom stereocenters. The summed E-state index contributed by atoms with van der Waals surface area (Å²) in [5, 5.41) is 0. The van der Waals surface area contributed by atoms with Gasteiger partial charge >= 0.3 is 0 Å². The van der Waals surface area contributed by atoms with Crippen molar-refractivity contribution in [3.63, 3.8) is 0 Å². The fourth-order valence-electron chi connectivity index (χ4n) is 3.15. The van der Waals surface area contributed by atoms with Crippen molar-refractivity contribution in [1.82, 2.24) is 0 Å². The molecule has 0 aliphatic carbocycles. The van der Waals surface area contributed by atoms with E-state index in [9.17, 15) is 0 Å². The molecule has 13 heavy (non-hydrogen) atoms. The van der Waals surface area contributed by atoms with Gasteiger partial charge in [0.25, 0.3) is 0 Å². The maximum absolute atomic E-state index is 2.41. The Hall–Kier alpha value is 0.430. The molecule has 0 aromatic carbocycles. The van der Waals surface area contributed by atoms with Crippen LogP contribution in [-0.4, -0.2) is 17.5 Å². The van der Waals surface area contributed by atoms with Crippen LogP contribution in [0.2, 0.25) is 0 Å². The molecular weight excluding hydrogens is 175 g/mol. The Balaban J connectivity index is 1.98. The minimum atomic E-state index is 0.451. The molecule has 2 aliphatic heterocycles. The molecule has 0 nitrogen and oxygen atoms in total. The van der Waals surface area contributed by atoms with Crippen molar-refractivity contribution in [1.29, 1.82) is 0 Å². The third-order valence-electron chi connectivity index (χ3n) is 3.66. The van der Waals surface area contributed by atoms with E-state index in [-0.39, 0.29) is 0 Å². The van der Waals surface area contributed by atoms with E-state index >= 15 is 0 Å². The summed E-state index contributed by atoms with van der Waals surface area (Å²) in [6.45, 7) is 4.82. The highest BCUT2D eigenvalue weighted by Crippen LogP contribution is 2.60. The highest BCUT2D eigenvalue weighted by atomic mass is 31.1. The molecule has 2 saturated heterocycles. The molecule has 0 aromatic heterocycles. The first-order chi connectivity index (χ1) is 6.27. The van der Waals surface area contributed by atoms with Gasteiger partial charge in [-0.25, -0.2) is 0 Å². The van der Waals surface area contributed by atoms with Gasteiger partial charge in [-0.1, -0.05) is 26.7 Å². The normalized spacial score (nSPS) is 39.5. The lowest BCUT2D eigenvalue weighted by molar-refractivity contribution is 0.472. The van der Waals surface area contributed by atoms with Crippen LogP contribution in [0, 0.1) is 5.92 Å². The van der Waals surface area contributed by atoms with Crippen LogP contribution >= 0.6 is 7.92 Å². The summed E-state index contributed by atoms with van der Waals surface area (Å²) < 4.78 is 0. The number of hydrogen-bond acceptors (Lipinski definition) is 0. The largest absolute Gasteiger partial charge is 0.100 e. The Morgan fingerprint density at radius 2 is 1.46 bits per heavy atom. The molecule has 0 atom stereocenters. The third kappa shape index (κ3) is 2.27. The standard InChI is InChI=1S/C12H23P/c1-10(2)9-13-11-5-3-6-12(13)8-4-7-11/h10-12H,3-9H2,1-2H3. The van der Waals surface area contributed by atoms with Gasteiger partial charge in [0.15, 0.2) is 0 Å². The smallest absolute Gasteiger partial charge is 0.0207 e. The van der Waals surface area contributed by atoms with Gasteiger partial charge < -0.3 is 0 Å². The first-order valence-electron chi connectivity index (χ1n) is 6.03. The fraction of sp³-hybridized carbons (Fsp3) is 1.00. The van der Waals surface area contributed by atoms with Crippen molar-refractivity contribution in [2.75, 3.05) is 6.16 Å². The first kappa shape index (κ1) is 9.97. The lowest BCUT2D eigenvalue weighted by Gasteiger charge is -2.44. The van der Waals surface area contributed by atoms with Gasteiger partial charge in [0.05, 0.1) is 0 Å². The second kappa shape index (κ2) is 4.30. The molecule has 0 saturated carbocycles. The molecule has 0 radical (unpaired) electrons. The Bertz CT molecular complexity index is 143. The van der Waals surface area contributed by atoms with Gasteiger partial charge in [0, 0.05) is 0 Å². The van der Waals surface area contributed by atoms with E-state index in [4.69, 9.17) is 0 Å². The Morgan fingerprint density at radius 3 is 1.85 bits per heavy atom. The highest BCUT2D eigenvalue weighted by Gasteiger charge is 2.35. The van der Waals surface area contributed by atoms with E-state index < -0.39 is 0 Å². The Labute approximate surface area is 84.2 Å². The van der Waals surface area contributed by atoms with Crippen LogP contribution in [0.15, 0.2) is 0 Å². The van der Waals surface area contributed by atoms with E-state index in [0.29, 0.717) is 7.92 Å². The van der Waals surface area contributed by atoms with Crippen molar-refractivity contribution in [3.8, 4) is 0 Å². The van der Waals surface area contributed by atoms with Crippen molar-refractivity contribution >= 4 is 7.92 Å². The summed E-state index contributed by atoms with van der Waals surface area (Å²) in [7, 11) is 0.451. The minimum Gasteiger partial charge on any atom is -0.100 e. The van der Waals surface area contributed by atoms with Crippen molar-refractivity contribution in [2.45, 2.75) is 63.7 Å². The van der Waals surface area contributed by atoms with Gasteiger partial charge in [-0.05, 0) is 49.1 Å². The monoisotopic (exact) mass is 198 g/mol. The lowest BCUT2D eigenvalue weighted by Crippen LogP contribution is -2.28. The van der Waals surface area contributed by atoms with Crippen LogP contribution in [0.25, 0.3) is 0 Å².